The van der Waals surface area contributed by atoms with Crippen LogP contribution in [-0.2, 0) is 0 Å². The van der Waals surface area contributed by atoms with E-state index in [1.54, 1.807) is 24.4 Å². The summed E-state index contributed by atoms with van der Waals surface area (Å²) < 4.78 is 18.8. The summed E-state index contributed by atoms with van der Waals surface area (Å²) >= 11 is 5.73. The van der Waals surface area contributed by atoms with Crippen LogP contribution in [0.3, 0.4) is 0 Å². The Morgan fingerprint density at radius 1 is 1.15 bits per heavy atom. The fourth-order valence-electron chi connectivity index (χ4n) is 1.92. The minimum Gasteiger partial charge on any atom is -0.455 e. The molecule has 3 aromatic rings. The van der Waals surface area contributed by atoms with Gasteiger partial charge in [0.1, 0.15) is 17.1 Å². The van der Waals surface area contributed by atoms with Crippen molar-refractivity contribution in [2.24, 2.45) is 0 Å². The third-order valence-corrected chi connectivity index (χ3v) is 3.17. The molecule has 0 atom stereocenters. The van der Waals surface area contributed by atoms with Gasteiger partial charge in [-0.15, -0.1) is 0 Å². The zero-order valence-electron chi connectivity index (χ0n) is 10.3. The Bertz CT molecular complexity index is 792. The average Bonchev–Trinajstić information content (AvgIpc) is 2.46. The SMILES string of the molecule is Nc1ccc(Oc2ccc(F)c(Cl)c2)c2ncccc12. The first-order valence-electron chi connectivity index (χ1n) is 5.91. The van der Waals surface area contributed by atoms with E-state index in [1.807, 2.05) is 6.07 Å². The van der Waals surface area contributed by atoms with Gasteiger partial charge in [0.15, 0.2) is 5.75 Å². The number of hydrogen-bond donors (Lipinski definition) is 1. The number of fused-ring (bicyclic) bond motifs is 1. The third kappa shape index (κ3) is 2.26. The molecule has 2 N–H and O–H groups in total. The minimum absolute atomic E-state index is 0.00945. The average molecular weight is 289 g/mol. The van der Waals surface area contributed by atoms with Crippen LogP contribution < -0.4 is 10.5 Å². The molecule has 1 heterocycles. The van der Waals surface area contributed by atoms with Crippen molar-refractivity contribution in [3.63, 3.8) is 0 Å². The summed E-state index contributed by atoms with van der Waals surface area (Å²) in [7, 11) is 0. The molecule has 2 aromatic carbocycles. The molecule has 0 unspecified atom stereocenters. The Balaban J connectivity index is 2.06. The van der Waals surface area contributed by atoms with Crippen LogP contribution in [0.2, 0.25) is 5.02 Å². The van der Waals surface area contributed by atoms with Gasteiger partial charge < -0.3 is 10.5 Å². The summed E-state index contributed by atoms with van der Waals surface area (Å²) in [5, 5.41) is 0.813. The molecule has 1 aromatic heterocycles. The van der Waals surface area contributed by atoms with Crippen LogP contribution in [0, 0.1) is 5.82 Å². The van der Waals surface area contributed by atoms with Crippen molar-refractivity contribution in [3.05, 3.63) is 59.5 Å². The van der Waals surface area contributed by atoms with E-state index in [1.165, 1.54) is 18.2 Å². The highest BCUT2D eigenvalue weighted by atomic mass is 35.5. The lowest BCUT2D eigenvalue weighted by Gasteiger charge is -2.10. The highest BCUT2D eigenvalue weighted by Crippen LogP contribution is 2.32. The van der Waals surface area contributed by atoms with Crippen LogP contribution >= 0.6 is 11.6 Å². The van der Waals surface area contributed by atoms with Gasteiger partial charge in [-0.3, -0.25) is 4.98 Å². The standard InChI is InChI=1S/C15H10ClFN2O/c16-11-8-9(3-4-12(11)17)20-14-6-5-13(18)10-2-1-7-19-15(10)14/h1-8H,18H2. The Morgan fingerprint density at radius 2 is 2.00 bits per heavy atom. The topological polar surface area (TPSA) is 48.1 Å². The number of anilines is 1. The quantitative estimate of drug-likeness (QED) is 0.711. The minimum atomic E-state index is -0.487. The molecule has 3 rings (SSSR count). The molecule has 0 aliphatic rings. The molecule has 0 spiro atoms. The first kappa shape index (κ1) is 12.7. The van der Waals surface area contributed by atoms with Crippen LogP contribution in [0.1, 0.15) is 0 Å². The van der Waals surface area contributed by atoms with Gasteiger partial charge >= 0.3 is 0 Å². The van der Waals surface area contributed by atoms with Crippen LogP contribution in [0.25, 0.3) is 10.9 Å². The number of benzene rings is 2. The molecule has 0 radical (unpaired) electrons. The molecular weight excluding hydrogens is 279 g/mol. The molecule has 0 aliphatic heterocycles. The van der Waals surface area contributed by atoms with Crippen molar-refractivity contribution in [3.8, 4) is 11.5 Å². The predicted molar refractivity (Wildman–Crippen MR) is 77.6 cm³/mol. The van der Waals surface area contributed by atoms with Gasteiger partial charge in [0.25, 0.3) is 0 Å². The largest absolute Gasteiger partial charge is 0.455 e. The fourth-order valence-corrected chi connectivity index (χ4v) is 2.09. The van der Waals surface area contributed by atoms with Crippen molar-refractivity contribution in [2.75, 3.05) is 5.73 Å². The van der Waals surface area contributed by atoms with Crippen LogP contribution in [0.4, 0.5) is 10.1 Å². The lowest BCUT2D eigenvalue weighted by Crippen LogP contribution is -1.92. The van der Waals surface area contributed by atoms with Crippen molar-refractivity contribution in [1.29, 1.82) is 0 Å². The van der Waals surface area contributed by atoms with Gasteiger partial charge in [-0.1, -0.05) is 11.6 Å². The molecule has 5 heteroatoms. The first-order valence-corrected chi connectivity index (χ1v) is 6.29. The Kier molecular flexibility index (Phi) is 3.16. The summed E-state index contributed by atoms with van der Waals surface area (Å²) in [6.07, 6.45) is 1.66. The molecule has 3 nitrogen and oxygen atoms in total. The smallest absolute Gasteiger partial charge is 0.153 e. The molecule has 0 fully saturated rings. The van der Waals surface area contributed by atoms with E-state index < -0.39 is 5.82 Å². The van der Waals surface area contributed by atoms with Crippen LogP contribution in [0.15, 0.2) is 48.7 Å². The molecular formula is C15H10ClFN2O. The van der Waals surface area contributed by atoms with Crippen LogP contribution in [0.5, 0.6) is 11.5 Å². The van der Waals surface area contributed by atoms with Crippen molar-refractivity contribution >= 4 is 28.2 Å². The number of ether oxygens (including phenoxy) is 1. The number of aromatic nitrogens is 1. The summed E-state index contributed by atoms with van der Waals surface area (Å²) in [5.41, 5.74) is 7.17. The Hall–Kier alpha value is -2.33. The van der Waals surface area contributed by atoms with E-state index in [-0.39, 0.29) is 5.02 Å². The van der Waals surface area contributed by atoms with Gasteiger partial charge in [-0.05, 0) is 36.4 Å². The summed E-state index contributed by atoms with van der Waals surface area (Å²) in [6, 6.07) is 11.3. The zero-order valence-corrected chi connectivity index (χ0v) is 11.1. The molecule has 0 saturated heterocycles. The van der Waals surface area contributed by atoms with E-state index in [9.17, 15) is 4.39 Å². The van der Waals surface area contributed by atoms with E-state index in [0.717, 1.165) is 5.39 Å². The molecule has 0 bridgehead atoms. The van der Waals surface area contributed by atoms with E-state index in [0.29, 0.717) is 22.7 Å². The maximum atomic E-state index is 13.1. The molecule has 0 aliphatic carbocycles. The van der Waals surface area contributed by atoms with Gasteiger partial charge in [0.05, 0.1) is 5.02 Å². The second kappa shape index (κ2) is 4.98. The van der Waals surface area contributed by atoms with Gasteiger partial charge in [0, 0.05) is 23.3 Å². The molecule has 0 saturated carbocycles. The number of nitrogen functional groups attached to an aromatic ring is 1. The van der Waals surface area contributed by atoms with Gasteiger partial charge in [-0.25, -0.2) is 4.39 Å². The fraction of sp³-hybridized carbons (Fsp3) is 0. The Labute approximate surface area is 119 Å². The predicted octanol–water partition coefficient (Wildman–Crippen LogP) is 4.40. The lowest BCUT2D eigenvalue weighted by molar-refractivity contribution is 0.485. The molecule has 20 heavy (non-hydrogen) atoms. The Morgan fingerprint density at radius 3 is 2.80 bits per heavy atom. The summed E-state index contributed by atoms with van der Waals surface area (Å²) in [4.78, 5) is 4.27. The summed E-state index contributed by atoms with van der Waals surface area (Å²) in [6.45, 7) is 0. The number of nitrogens with zero attached hydrogens (tertiary/aromatic N) is 1. The van der Waals surface area contributed by atoms with Crippen LogP contribution in [-0.4, -0.2) is 4.98 Å². The molecule has 100 valence electrons. The normalized spacial score (nSPS) is 10.7. The second-order valence-corrected chi connectivity index (χ2v) is 4.64. The zero-order chi connectivity index (χ0) is 14.1. The van der Waals surface area contributed by atoms with E-state index in [2.05, 4.69) is 4.98 Å². The lowest BCUT2D eigenvalue weighted by atomic mass is 10.1. The number of nitrogens with two attached hydrogens (primary N) is 1. The number of hydrogen-bond acceptors (Lipinski definition) is 3. The maximum absolute atomic E-state index is 13.1. The van der Waals surface area contributed by atoms with Gasteiger partial charge in [0.2, 0.25) is 0 Å². The third-order valence-electron chi connectivity index (χ3n) is 2.89. The monoisotopic (exact) mass is 288 g/mol. The first-order chi connectivity index (χ1) is 9.65. The van der Waals surface area contributed by atoms with E-state index >= 15 is 0 Å². The summed E-state index contributed by atoms with van der Waals surface area (Å²) in [5.74, 6) is 0.491. The van der Waals surface area contributed by atoms with Crippen molar-refractivity contribution in [2.45, 2.75) is 0 Å². The molecule has 0 amide bonds. The number of rotatable bonds is 2. The maximum Gasteiger partial charge on any atom is 0.153 e. The highest BCUT2D eigenvalue weighted by Gasteiger charge is 2.08. The van der Waals surface area contributed by atoms with Crippen molar-refractivity contribution < 1.29 is 9.13 Å². The number of halogens is 2. The highest BCUT2D eigenvalue weighted by molar-refractivity contribution is 6.30. The van der Waals surface area contributed by atoms with E-state index in [4.69, 9.17) is 22.1 Å². The van der Waals surface area contributed by atoms with Crippen molar-refractivity contribution in [1.82, 2.24) is 4.98 Å². The van der Waals surface area contributed by atoms with Gasteiger partial charge in [-0.2, -0.15) is 0 Å². The second-order valence-electron chi connectivity index (χ2n) is 4.23. The number of pyridine rings is 1.